The summed E-state index contributed by atoms with van der Waals surface area (Å²) in [6, 6.07) is 4.49. The number of allylic oxidation sites excluding steroid dienone is 2. The monoisotopic (exact) mass is 300 g/mol. The van der Waals surface area contributed by atoms with E-state index in [1.54, 1.807) is 6.07 Å². The number of hydrogen-bond donors (Lipinski definition) is 3. The van der Waals surface area contributed by atoms with E-state index >= 15 is 0 Å². The first-order chi connectivity index (χ1) is 10.3. The molecular weight excluding hydrogens is 284 g/mol. The molecule has 3 rings (SSSR count). The van der Waals surface area contributed by atoms with Crippen LogP contribution in [-0.2, 0) is 4.79 Å². The quantitative estimate of drug-likeness (QED) is 0.791. The number of aromatic carboxylic acids is 1. The molecule has 1 heterocycles. The highest BCUT2D eigenvalue weighted by Crippen LogP contribution is 2.38. The van der Waals surface area contributed by atoms with Gasteiger partial charge in [-0.2, -0.15) is 0 Å². The van der Waals surface area contributed by atoms with Crippen molar-refractivity contribution in [3.8, 4) is 0 Å². The predicted octanol–water partition coefficient (Wildman–Crippen LogP) is 2.92. The molecule has 0 aliphatic heterocycles. The number of aromatic amines is 1. The number of rotatable bonds is 2. The molecule has 0 amide bonds. The number of carbonyl (C=O) groups is 2. The molecule has 1 aromatic heterocycles. The lowest BCUT2D eigenvalue weighted by molar-refractivity contribution is -0.116. The van der Waals surface area contributed by atoms with Crippen LogP contribution in [0.2, 0.25) is 0 Å². The van der Waals surface area contributed by atoms with E-state index in [0.717, 1.165) is 0 Å². The van der Waals surface area contributed by atoms with Gasteiger partial charge in [-0.25, -0.2) is 9.78 Å². The van der Waals surface area contributed by atoms with E-state index < -0.39 is 5.97 Å². The minimum absolute atomic E-state index is 0.0266. The van der Waals surface area contributed by atoms with Gasteiger partial charge in [0.1, 0.15) is 11.6 Å². The van der Waals surface area contributed by atoms with E-state index in [4.69, 9.17) is 5.11 Å². The summed E-state index contributed by atoms with van der Waals surface area (Å²) in [6.45, 7) is 3.85. The van der Waals surface area contributed by atoms with Crippen molar-refractivity contribution in [2.75, 3.05) is 0 Å². The summed E-state index contributed by atoms with van der Waals surface area (Å²) in [7, 11) is 0. The number of carbonyl (C=O) groups excluding carboxylic acids is 1. The minimum atomic E-state index is -1.03. The van der Waals surface area contributed by atoms with Crippen LogP contribution in [-0.4, -0.2) is 31.9 Å². The Hall–Kier alpha value is -2.63. The molecule has 2 aromatic rings. The first-order valence-electron chi connectivity index (χ1n) is 6.95. The van der Waals surface area contributed by atoms with Crippen LogP contribution in [0.1, 0.15) is 42.9 Å². The number of carboxylic acids is 1. The number of H-pyrrole nitrogens is 1. The molecule has 6 nitrogen and oxygen atoms in total. The number of imidazole rings is 1. The molecule has 0 radical (unpaired) electrons. The molecule has 6 heteroatoms. The van der Waals surface area contributed by atoms with Crippen molar-refractivity contribution in [2.45, 2.75) is 26.7 Å². The van der Waals surface area contributed by atoms with Gasteiger partial charge in [0.25, 0.3) is 0 Å². The Labute approximate surface area is 126 Å². The van der Waals surface area contributed by atoms with Gasteiger partial charge >= 0.3 is 5.97 Å². The second kappa shape index (κ2) is 4.69. The molecule has 22 heavy (non-hydrogen) atoms. The van der Waals surface area contributed by atoms with Gasteiger partial charge in [-0.3, -0.25) is 4.79 Å². The third kappa shape index (κ3) is 2.36. The lowest BCUT2D eigenvalue weighted by atomic mass is 9.76. The Morgan fingerprint density at radius 1 is 1.32 bits per heavy atom. The van der Waals surface area contributed by atoms with Gasteiger partial charge in [0, 0.05) is 12.8 Å². The van der Waals surface area contributed by atoms with Gasteiger partial charge in [-0.15, -0.1) is 0 Å². The van der Waals surface area contributed by atoms with Gasteiger partial charge in [0.05, 0.1) is 22.2 Å². The van der Waals surface area contributed by atoms with Crippen molar-refractivity contribution in [3.05, 3.63) is 35.3 Å². The average molecular weight is 300 g/mol. The highest BCUT2D eigenvalue weighted by atomic mass is 16.4. The van der Waals surface area contributed by atoms with Crippen LogP contribution in [0.15, 0.2) is 24.0 Å². The molecule has 0 atom stereocenters. The van der Waals surface area contributed by atoms with Gasteiger partial charge in [0.2, 0.25) is 0 Å². The fraction of sp³-hybridized carbons (Fsp3) is 0.312. The Morgan fingerprint density at radius 2 is 2.05 bits per heavy atom. The summed E-state index contributed by atoms with van der Waals surface area (Å²) in [5.74, 6) is -0.879. The summed E-state index contributed by atoms with van der Waals surface area (Å²) in [6.07, 6.45) is 0.745. The van der Waals surface area contributed by atoms with Crippen molar-refractivity contribution < 1.29 is 19.8 Å². The number of benzene rings is 1. The number of nitrogens with zero attached hydrogens (tertiary/aromatic N) is 1. The van der Waals surface area contributed by atoms with E-state index in [-0.39, 0.29) is 33.9 Å². The van der Waals surface area contributed by atoms with E-state index in [1.807, 2.05) is 13.8 Å². The maximum Gasteiger partial charge on any atom is 0.335 e. The molecule has 0 saturated carbocycles. The molecule has 1 aromatic carbocycles. The molecule has 0 bridgehead atoms. The largest absolute Gasteiger partial charge is 0.511 e. The number of fused-ring (bicyclic) bond motifs is 1. The Morgan fingerprint density at radius 3 is 2.68 bits per heavy atom. The van der Waals surface area contributed by atoms with Crippen molar-refractivity contribution in [3.63, 3.8) is 0 Å². The van der Waals surface area contributed by atoms with Gasteiger partial charge in [-0.05, 0) is 23.6 Å². The molecular formula is C16H16N2O4. The number of aromatic nitrogens is 2. The maximum atomic E-state index is 12.3. The highest BCUT2D eigenvalue weighted by Gasteiger charge is 2.34. The Bertz CT molecular complexity index is 830. The third-order valence-corrected chi connectivity index (χ3v) is 3.82. The first-order valence-corrected chi connectivity index (χ1v) is 6.95. The van der Waals surface area contributed by atoms with Crippen LogP contribution < -0.4 is 0 Å². The molecule has 0 fully saturated rings. The fourth-order valence-electron chi connectivity index (χ4n) is 2.82. The fourth-order valence-corrected chi connectivity index (χ4v) is 2.82. The normalized spacial score (nSPS) is 18.0. The van der Waals surface area contributed by atoms with Crippen molar-refractivity contribution in [1.29, 1.82) is 0 Å². The summed E-state index contributed by atoms with van der Waals surface area (Å²) >= 11 is 0. The van der Waals surface area contributed by atoms with Crippen LogP contribution in [0.4, 0.5) is 0 Å². The lowest BCUT2D eigenvalue weighted by Crippen LogP contribution is -2.25. The molecule has 0 saturated heterocycles. The van der Waals surface area contributed by atoms with Crippen LogP contribution in [0.3, 0.4) is 0 Å². The number of carboxylic acid groups (broad SMARTS) is 1. The predicted molar refractivity (Wildman–Crippen MR) is 80.6 cm³/mol. The van der Waals surface area contributed by atoms with Crippen molar-refractivity contribution >= 4 is 28.4 Å². The van der Waals surface area contributed by atoms with Gasteiger partial charge < -0.3 is 15.2 Å². The van der Waals surface area contributed by atoms with E-state index in [9.17, 15) is 14.7 Å². The number of ketones is 1. The Balaban J connectivity index is 2.10. The van der Waals surface area contributed by atoms with Crippen LogP contribution >= 0.6 is 0 Å². The first kappa shape index (κ1) is 14.3. The molecule has 3 N–H and O–H groups in total. The zero-order valence-electron chi connectivity index (χ0n) is 12.3. The van der Waals surface area contributed by atoms with E-state index in [2.05, 4.69) is 9.97 Å². The number of nitrogens with one attached hydrogen (secondary N) is 1. The molecule has 1 aliphatic carbocycles. The zero-order valence-corrected chi connectivity index (χ0v) is 12.3. The summed E-state index contributed by atoms with van der Waals surface area (Å²) in [5.41, 5.74) is 1.14. The highest BCUT2D eigenvalue weighted by molar-refractivity contribution is 6.21. The van der Waals surface area contributed by atoms with Crippen LogP contribution in [0.5, 0.6) is 0 Å². The third-order valence-electron chi connectivity index (χ3n) is 3.82. The van der Waals surface area contributed by atoms with Crippen LogP contribution in [0.25, 0.3) is 16.6 Å². The molecule has 0 unspecified atom stereocenters. The lowest BCUT2D eigenvalue weighted by Gasteiger charge is -2.28. The minimum Gasteiger partial charge on any atom is -0.511 e. The number of hydrogen-bond acceptors (Lipinski definition) is 4. The smallest absolute Gasteiger partial charge is 0.335 e. The number of aliphatic hydroxyl groups is 1. The average Bonchev–Trinajstić information content (AvgIpc) is 2.77. The summed E-state index contributed by atoms with van der Waals surface area (Å²) in [4.78, 5) is 30.5. The maximum absolute atomic E-state index is 12.3. The molecule has 114 valence electrons. The van der Waals surface area contributed by atoms with Gasteiger partial charge in [0.15, 0.2) is 5.78 Å². The second-order valence-electron chi connectivity index (χ2n) is 6.39. The Kier molecular flexibility index (Phi) is 3.05. The molecule has 0 spiro atoms. The molecule has 1 aliphatic rings. The van der Waals surface area contributed by atoms with E-state index in [0.29, 0.717) is 23.9 Å². The van der Waals surface area contributed by atoms with Crippen molar-refractivity contribution in [1.82, 2.24) is 9.97 Å². The number of aliphatic hydroxyl groups excluding tert-OH is 1. The number of Topliss-reactive ketones (excluding diaryl/α,β-unsaturated/α-hetero) is 1. The van der Waals surface area contributed by atoms with Crippen LogP contribution in [0, 0.1) is 5.41 Å². The summed E-state index contributed by atoms with van der Waals surface area (Å²) in [5, 5.41) is 19.2. The standard InChI is InChI=1S/C16H16N2O4/c1-16(2)6-11(19)13(12(20)7-16)14-17-9-4-3-8(15(21)22)5-10(9)18-14/h3-5,19H,6-7H2,1-2H3,(H,17,18)(H,21,22). The van der Waals surface area contributed by atoms with Gasteiger partial charge in [-0.1, -0.05) is 13.8 Å². The topological polar surface area (TPSA) is 103 Å². The second-order valence-corrected chi connectivity index (χ2v) is 6.39. The zero-order chi connectivity index (χ0) is 16.1. The van der Waals surface area contributed by atoms with Crippen molar-refractivity contribution in [2.24, 2.45) is 5.41 Å². The van der Waals surface area contributed by atoms with E-state index in [1.165, 1.54) is 12.1 Å². The summed E-state index contributed by atoms with van der Waals surface area (Å²) < 4.78 is 0. The SMILES string of the molecule is CC1(C)CC(=O)C(c2nc3ccc(C(=O)O)cc3[nH]2)=C(O)C1.